The maximum atomic E-state index is 13.3. The molecule has 0 saturated carbocycles. The van der Waals surface area contributed by atoms with Gasteiger partial charge in [0.1, 0.15) is 11.4 Å². The van der Waals surface area contributed by atoms with E-state index in [1.165, 1.54) is 29.5 Å². The number of halogens is 2. The standard InChI is InChI=1S/C22H22F2N2O/c1-4-15-8-9-16(5-2)19(13-15)18-7-6-12-25-21(18)27-17-10-11-20(26-14-17)22(3,23)24/h6-14H,4-5H2,1-3H3. The zero-order valence-corrected chi connectivity index (χ0v) is 15.7. The van der Waals surface area contributed by atoms with Crippen LogP contribution in [0, 0.1) is 0 Å². The van der Waals surface area contributed by atoms with E-state index in [1.54, 1.807) is 6.20 Å². The van der Waals surface area contributed by atoms with Gasteiger partial charge < -0.3 is 4.74 Å². The molecule has 1 aromatic carbocycles. The van der Waals surface area contributed by atoms with E-state index in [2.05, 4.69) is 42.0 Å². The highest BCUT2D eigenvalue weighted by molar-refractivity contribution is 5.72. The molecule has 0 saturated heterocycles. The fourth-order valence-electron chi connectivity index (χ4n) is 2.89. The summed E-state index contributed by atoms with van der Waals surface area (Å²) in [7, 11) is 0. The van der Waals surface area contributed by atoms with Crippen LogP contribution in [-0.4, -0.2) is 9.97 Å². The minimum atomic E-state index is -2.98. The van der Waals surface area contributed by atoms with E-state index >= 15 is 0 Å². The average molecular weight is 368 g/mol. The van der Waals surface area contributed by atoms with E-state index in [-0.39, 0.29) is 5.69 Å². The van der Waals surface area contributed by atoms with Crippen LogP contribution < -0.4 is 4.74 Å². The van der Waals surface area contributed by atoms with Gasteiger partial charge in [-0.2, -0.15) is 8.78 Å². The molecule has 0 spiro atoms. The number of ether oxygens (including phenoxy) is 1. The SMILES string of the molecule is CCc1ccc(CC)c(-c2cccnc2Oc2ccc(C(C)(F)F)nc2)c1. The Morgan fingerprint density at radius 1 is 0.963 bits per heavy atom. The summed E-state index contributed by atoms with van der Waals surface area (Å²) in [5, 5.41) is 0. The summed E-state index contributed by atoms with van der Waals surface area (Å²) >= 11 is 0. The van der Waals surface area contributed by atoms with Gasteiger partial charge in [0.15, 0.2) is 0 Å². The lowest BCUT2D eigenvalue weighted by molar-refractivity contribution is 0.0127. The van der Waals surface area contributed by atoms with Crippen LogP contribution in [0.1, 0.15) is 37.6 Å². The van der Waals surface area contributed by atoms with E-state index in [0.29, 0.717) is 11.6 Å². The van der Waals surface area contributed by atoms with Crippen molar-refractivity contribution in [2.24, 2.45) is 0 Å². The Labute approximate surface area is 158 Å². The van der Waals surface area contributed by atoms with Crippen LogP contribution in [0.3, 0.4) is 0 Å². The number of alkyl halides is 2. The van der Waals surface area contributed by atoms with Gasteiger partial charge in [0, 0.05) is 18.7 Å². The molecule has 0 aliphatic carbocycles. The first-order valence-electron chi connectivity index (χ1n) is 9.01. The molecule has 2 aromatic heterocycles. The third kappa shape index (κ3) is 4.30. The Morgan fingerprint density at radius 3 is 2.41 bits per heavy atom. The summed E-state index contributed by atoms with van der Waals surface area (Å²) in [6, 6.07) is 13.0. The molecule has 3 nitrogen and oxygen atoms in total. The molecule has 2 heterocycles. The lowest BCUT2D eigenvalue weighted by Gasteiger charge is -2.15. The molecule has 0 unspecified atom stereocenters. The maximum Gasteiger partial charge on any atom is 0.286 e. The van der Waals surface area contributed by atoms with Crippen molar-refractivity contribution in [1.82, 2.24) is 9.97 Å². The number of nitrogens with zero attached hydrogens (tertiary/aromatic N) is 2. The van der Waals surface area contributed by atoms with Crippen molar-refractivity contribution >= 4 is 0 Å². The number of benzene rings is 1. The Kier molecular flexibility index (Phi) is 5.49. The number of aryl methyl sites for hydroxylation is 2. The van der Waals surface area contributed by atoms with Gasteiger partial charge in [0.05, 0.1) is 6.20 Å². The third-order valence-corrected chi connectivity index (χ3v) is 4.43. The first-order valence-corrected chi connectivity index (χ1v) is 9.01. The van der Waals surface area contributed by atoms with Gasteiger partial charge in [-0.3, -0.25) is 4.98 Å². The van der Waals surface area contributed by atoms with Crippen molar-refractivity contribution in [3.8, 4) is 22.8 Å². The van der Waals surface area contributed by atoms with Crippen LogP contribution in [0.15, 0.2) is 54.9 Å². The Bertz CT molecular complexity index is 918. The Morgan fingerprint density at radius 2 is 1.78 bits per heavy atom. The molecule has 0 atom stereocenters. The number of pyridine rings is 2. The monoisotopic (exact) mass is 368 g/mol. The van der Waals surface area contributed by atoms with Crippen LogP contribution in [0.2, 0.25) is 0 Å². The van der Waals surface area contributed by atoms with Gasteiger partial charge in [0.2, 0.25) is 5.88 Å². The van der Waals surface area contributed by atoms with Crippen molar-refractivity contribution in [1.29, 1.82) is 0 Å². The minimum absolute atomic E-state index is 0.292. The lowest BCUT2D eigenvalue weighted by atomic mass is 9.96. The average Bonchev–Trinajstić information content (AvgIpc) is 2.67. The molecule has 3 rings (SSSR count). The first kappa shape index (κ1) is 19.0. The van der Waals surface area contributed by atoms with Gasteiger partial charge in [-0.1, -0.05) is 32.0 Å². The van der Waals surface area contributed by atoms with E-state index in [4.69, 9.17) is 4.74 Å². The summed E-state index contributed by atoms with van der Waals surface area (Å²) in [4.78, 5) is 8.16. The third-order valence-electron chi connectivity index (χ3n) is 4.43. The maximum absolute atomic E-state index is 13.3. The van der Waals surface area contributed by atoms with Crippen LogP contribution in [-0.2, 0) is 18.8 Å². The van der Waals surface area contributed by atoms with E-state index in [0.717, 1.165) is 30.9 Å². The number of rotatable bonds is 6. The zero-order valence-electron chi connectivity index (χ0n) is 15.7. The van der Waals surface area contributed by atoms with Crippen molar-refractivity contribution in [2.75, 3.05) is 0 Å². The molecule has 140 valence electrons. The molecule has 0 aliphatic rings. The molecule has 0 aliphatic heterocycles. The largest absolute Gasteiger partial charge is 0.437 e. The highest BCUT2D eigenvalue weighted by Crippen LogP contribution is 2.35. The second kappa shape index (κ2) is 7.82. The molecule has 3 aromatic rings. The quantitative estimate of drug-likeness (QED) is 0.522. The van der Waals surface area contributed by atoms with Crippen LogP contribution >= 0.6 is 0 Å². The summed E-state index contributed by atoms with van der Waals surface area (Å²) in [6.07, 6.45) is 4.77. The molecule has 27 heavy (non-hydrogen) atoms. The smallest absolute Gasteiger partial charge is 0.286 e. The van der Waals surface area contributed by atoms with Gasteiger partial charge >= 0.3 is 0 Å². The van der Waals surface area contributed by atoms with Crippen LogP contribution in [0.5, 0.6) is 11.6 Å². The molecule has 0 N–H and O–H groups in total. The molecule has 0 bridgehead atoms. The second-order valence-corrected chi connectivity index (χ2v) is 6.42. The highest BCUT2D eigenvalue weighted by atomic mass is 19.3. The van der Waals surface area contributed by atoms with Crippen molar-refractivity contribution in [2.45, 2.75) is 39.5 Å². The van der Waals surface area contributed by atoms with Gasteiger partial charge in [-0.05, 0) is 53.8 Å². The molecule has 0 amide bonds. The van der Waals surface area contributed by atoms with E-state index < -0.39 is 5.92 Å². The number of hydrogen-bond acceptors (Lipinski definition) is 3. The van der Waals surface area contributed by atoms with Crippen molar-refractivity contribution < 1.29 is 13.5 Å². The van der Waals surface area contributed by atoms with Gasteiger partial charge in [0.25, 0.3) is 5.92 Å². The fourth-order valence-corrected chi connectivity index (χ4v) is 2.89. The molecule has 0 radical (unpaired) electrons. The molecule has 0 fully saturated rings. The summed E-state index contributed by atoms with van der Waals surface area (Å²) in [5.74, 6) is -2.18. The summed E-state index contributed by atoms with van der Waals surface area (Å²) in [6.45, 7) is 5.04. The Balaban J connectivity index is 1.98. The lowest BCUT2D eigenvalue weighted by Crippen LogP contribution is -2.09. The molecular formula is C22H22F2N2O. The number of aromatic nitrogens is 2. The van der Waals surface area contributed by atoms with Crippen LogP contribution in [0.4, 0.5) is 8.78 Å². The minimum Gasteiger partial charge on any atom is -0.437 e. The van der Waals surface area contributed by atoms with Gasteiger partial charge in [-0.25, -0.2) is 4.98 Å². The second-order valence-electron chi connectivity index (χ2n) is 6.42. The predicted molar refractivity (Wildman–Crippen MR) is 102 cm³/mol. The summed E-state index contributed by atoms with van der Waals surface area (Å²) < 4.78 is 32.6. The molecule has 5 heteroatoms. The fraction of sp³-hybridized carbons (Fsp3) is 0.273. The van der Waals surface area contributed by atoms with Crippen molar-refractivity contribution in [3.05, 3.63) is 71.7 Å². The highest BCUT2D eigenvalue weighted by Gasteiger charge is 2.25. The normalized spacial score (nSPS) is 11.4. The van der Waals surface area contributed by atoms with Crippen molar-refractivity contribution in [3.63, 3.8) is 0 Å². The Hall–Kier alpha value is -2.82. The topological polar surface area (TPSA) is 35.0 Å². The van der Waals surface area contributed by atoms with Crippen LogP contribution in [0.25, 0.3) is 11.1 Å². The zero-order chi connectivity index (χ0) is 19.4. The predicted octanol–water partition coefficient (Wildman–Crippen LogP) is 6.17. The molecular weight excluding hydrogens is 346 g/mol. The van der Waals surface area contributed by atoms with E-state index in [1.807, 2.05) is 12.1 Å². The van der Waals surface area contributed by atoms with Gasteiger partial charge in [-0.15, -0.1) is 0 Å². The summed E-state index contributed by atoms with van der Waals surface area (Å²) in [5.41, 5.74) is 4.08. The first-order chi connectivity index (χ1) is 12.9. The number of hydrogen-bond donors (Lipinski definition) is 0. The van der Waals surface area contributed by atoms with E-state index in [9.17, 15) is 8.78 Å².